The van der Waals surface area contributed by atoms with Crippen molar-refractivity contribution in [2.45, 2.75) is 52.2 Å². The average Bonchev–Trinajstić information content (AvgIpc) is 3.15. The first-order valence-electron chi connectivity index (χ1n) is 13.0. The number of unbranched alkanes of at least 4 members (excludes halogenated alkanes) is 2. The maximum absolute atomic E-state index is 13.0. The molecular formula is C29H34N2O4S2. The summed E-state index contributed by atoms with van der Waals surface area (Å²) >= 11 is 6.60. The van der Waals surface area contributed by atoms with Gasteiger partial charge in [-0.05, 0) is 61.7 Å². The highest BCUT2D eigenvalue weighted by atomic mass is 32.2. The van der Waals surface area contributed by atoms with Crippen molar-refractivity contribution in [1.29, 1.82) is 0 Å². The van der Waals surface area contributed by atoms with Crippen LogP contribution in [0.15, 0.2) is 53.4 Å². The Bertz CT molecular complexity index is 1140. The Morgan fingerprint density at radius 1 is 1.05 bits per heavy atom. The molecule has 2 aromatic carbocycles. The van der Waals surface area contributed by atoms with E-state index in [1.807, 2.05) is 36.4 Å². The maximum atomic E-state index is 13.0. The van der Waals surface area contributed by atoms with Gasteiger partial charge in [0.25, 0.3) is 5.91 Å². The van der Waals surface area contributed by atoms with E-state index in [1.54, 1.807) is 0 Å². The highest BCUT2D eigenvalue weighted by Gasteiger charge is 2.34. The topological polar surface area (TPSA) is 59.1 Å². The zero-order chi connectivity index (χ0) is 26.0. The van der Waals surface area contributed by atoms with E-state index in [2.05, 4.69) is 30.0 Å². The fraction of sp³-hybridized carbons (Fsp3) is 0.414. The van der Waals surface area contributed by atoms with Crippen LogP contribution in [0.25, 0.3) is 6.08 Å². The van der Waals surface area contributed by atoms with Gasteiger partial charge >= 0.3 is 5.97 Å². The van der Waals surface area contributed by atoms with Crippen molar-refractivity contribution in [2.75, 3.05) is 26.2 Å². The van der Waals surface area contributed by atoms with E-state index in [0.29, 0.717) is 22.4 Å². The van der Waals surface area contributed by atoms with Gasteiger partial charge in [-0.2, -0.15) is 0 Å². The highest BCUT2D eigenvalue weighted by molar-refractivity contribution is 8.26. The summed E-state index contributed by atoms with van der Waals surface area (Å²) < 4.78 is 12.1. The second-order valence-corrected chi connectivity index (χ2v) is 11.0. The molecule has 2 aromatic rings. The van der Waals surface area contributed by atoms with Crippen LogP contribution in [0.1, 0.15) is 55.7 Å². The van der Waals surface area contributed by atoms with Gasteiger partial charge in [-0.3, -0.25) is 19.4 Å². The van der Waals surface area contributed by atoms with Crippen molar-refractivity contribution in [3.8, 4) is 5.75 Å². The third kappa shape index (κ3) is 7.90. The predicted octanol–water partition coefficient (Wildman–Crippen LogP) is 5.80. The lowest BCUT2D eigenvalue weighted by Gasteiger charge is -2.24. The molecule has 6 nitrogen and oxygen atoms in total. The monoisotopic (exact) mass is 538 g/mol. The number of amides is 1. The van der Waals surface area contributed by atoms with E-state index in [0.717, 1.165) is 61.3 Å². The van der Waals surface area contributed by atoms with Gasteiger partial charge < -0.3 is 9.47 Å². The van der Waals surface area contributed by atoms with Crippen LogP contribution < -0.4 is 4.74 Å². The zero-order valence-corrected chi connectivity index (χ0v) is 23.0. The summed E-state index contributed by atoms with van der Waals surface area (Å²) in [5.74, 6) is 0.168. The van der Waals surface area contributed by atoms with Crippen LogP contribution in [0, 0.1) is 0 Å². The number of carbonyl (C=O) groups excluding carboxylic acids is 2. The van der Waals surface area contributed by atoms with Gasteiger partial charge in [-0.15, -0.1) is 0 Å². The minimum atomic E-state index is -0.424. The lowest BCUT2D eigenvalue weighted by Crippen LogP contribution is -2.34. The Kier molecular flexibility index (Phi) is 10.2. The van der Waals surface area contributed by atoms with Crippen molar-refractivity contribution in [3.05, 3.63) is 70.1 Å². The number of hydrogen-bond donors (Lipinski definition) is 0. The lowest BCUT2D eigenvalue weighted by atomic mass is 10.1. The molecule has 0 saturated carbocycles. The minimum absolute atomic E-state index is 0.150. The predicted molar refractivity (Wildman–Crippen MR) is 152 cm³/mol. The number of nitrogens with zero attached hydrogens (tertiary/aromatic N) is 2. The number of carbonyl (C=O) groups is 2. The number of thiocarbonyl (C=S) groups is 1. The number of ether oxygens (including phenoxy) is 2. The van der Waals surface area contributed by atoms with Crippen molar-refractivity contribution in [2.24, 2.45) is 0 Å². The largest absolute Gasteiger partial charge is 0.489 e. The Balaban J connectivity index is 1.64. The Labute approximate surface area is 229 Å². The molecule has 37 heavy (non-hydrogen) atoms. The third-order valence-electron chi connectivity index (χ3n) is 6.38. The van der Waals surface area contributed by atoms with Crippen LogP contribution in [-0.2, 0) is 27.5 Å². The van der Waals surface area contributed by atoms with E-state index >= 15 is 0 Å². The molecule has 0 radical (unpaired) electrons. The van der Waals surface area contributed by atoms with Gasteiger partial charge in [-0.1, -0.05) is 80.1 Å². The van der Waals surface area contributed by atoms with Crippen molar-refractivity contribution < 1.29 is 19.1 Å². The molecule has 2 heterocycles. The standard InChI is InChI=1S/C29H34N2O4S2/c1-2-3-7-14-30-15-8-9-16-34-27(32)20-31-28(33)26(37-29(31)36)18-23-12-13-25(24(17-23)19-30)35-21-22-10-5-4-6-11-22/h4-6,10-13,17-18H,2-3,7-9,14-16,19-21H2,1H3. The molecule has 0 unspecified atom stereocenters. The summed E-state index contributed by atoms with van der Waals surface area (Å²) in [6.07, 6.45) is 7.03. The summed E-state index contributed by atoms with van der Waals surface area (Å²) in [6.45, 7) is 5.55. The van der Waals surface area contributed by atoms with Crippen LogP contribution in [0.3, 0.4) is 0 Å². The molecule has 2 aliphatic heterocycles. The molecule has 0 aromatic heterocycles. The van der Waals surface area contributed by atoms with Crippen LogP contribution in [-0.4, -0.2) is 52.2 Å². The summed E-state index contributed by atoms with van der Waals surface area (Å²) in [6, 6.07) is 16.2. The van der Waals surface area contributed by atoms with Crippen molar-refractivity contribution in [1.82, 2.24) is 9.80 Å². The summed E-state index contributed by atoms with van der Waals surface area (Å²) in [5, 5.41) is 0. The molecule has 0 aliphatic carbocycles. The molecule has 0 N–H and O–H groups in total. The molecular weight excluding hydrogens is 504 g/mol. The summed E-state index contributed by atoms with van der Waals surface area (Å²) in [5.41, 5.74) is 3.12. The first kappa shape index (κ1) is 27.4. The SMILES string of the molecule is CCCCCN1CCCCOC(=O)CN2C(=O)C(=Cc3ccc(OCc4ccccc4)c(c3)C1)SC2=S. The van der Waals surface area contributed by atoms with Crippen LogP contribution >= 0.6 is 24.0 Å². The molecule has 0 spiro atoms. The first-order chi connectivity index (χ1) is 18.0. The number of thioether (sulfide) groups is 1. The van der Waals surface area contributed by atoms with Gasteiger partial charge in [0.05, 0.1) is 11.5 Å². The number of rotatable bonds is 7. The fourth-order valence-electron chi connectivity index (χ4n) is 4.37. The number of fused-ring (bicyclic) bond motifs is 4. The van der Waals surface area contributed by atoms with Gasteiger partial charge in [0.2, 0.25) is 0 Å². The van der Waals surface area contributed by atoms with E-state index in [1.165, 1.54) is 29.5 Å². The van der Waals surface area contributed by atoms with Gasteiger partial charge in [0.1, 0.15) is 23.2 Å². The van der Waals surface area contributed by atoms with Gasteiger partial charge in [0, 0.05) is 12.1 Å². The second kappa shape index (κ2) is 13.7. The second-order valence-electron chi connectivity index (χ2n) is 9.32. The lowest BCUT2D eigenvalue weighted by molar-refractivity contribution is -0.146. The molecule has 4 rings (SSSR count). The van der Waals surface area contributed by atoms with Crippen molar-refractivity contribution >= 4 is 46.3 Å². The van der Waals surface area contributed by atoms with Gasteiger partial charge in [-0.25, -0.2) is 0 Å². The highest BCUT2D eigenvalue weighted by Crippen LogP contribution is 2.33. The third-order valence-corrected chi connectivity index (χ3v) is 7.76. The molecule has 1 fully saturated rings. The number of esters is 1. The van der Waals surface area contributed by atoms with Crippen LogP contribution in [0.5, 0.6) is 5.75 Å². The first-order valence-corrected chi connectivity index (χ1v) is 14.2. The quantitative estimate of drug-likeness (QED) is 0.251. The molecule has 8 heteroatoms. The smallest absolute Gasteiger partial charge is 0.326 e. The molecule has 1 saturated heterocycles. The van der Waals surface area contributed by atoms with E-state index in [-0.39, 0.29) is 12.5 Å². The van der Waals surface area contributed by atoms with Gasteiger partial charge in [0.15, 0.2) is 0 Å². The number of cyclic esters (lactones) is 1. The van der Waals surface area contributed by atoms with E-state index in [4.69, 9.17) is 21.7 Å². The summed E-state index contributed by atoms with van der Waals surface area (Å²) in [7, 11) is 0. The number of benzene rings is 2. The normalized spacial score (nSPS) is 17.5. The molecule has 0 atom stereocenters. The number of hydrogen-bond acceptors (Lipinski definition) is 7. The maximum Gasteiger partial charge on any atom is 0.326 e. The average molecular weight is 539 g/mol. The molecule has 196 valence electrons. The fourth-order valence-corrected chi connectivity index (χ4v) is 5.63. The van der Waals surface area contributed by atoms with Crippen LogP contribution in [0.4, 0.5) is 0 Å². The summed E-state index contributed by atoms with van der Waals surface area (Å²) in [4.78, 5) is 29.6. The molecule has 1 amide bonds. The zero-order valence-electron chi connectivity index (χ0n) is 21.3. The van der Waals surface area contributed by atoms with E-state index < -0.39 is 5.97 Å². The molecule has 2 aliphatic rings. The van der Waals surface area contributed by atoms with Crippen molar-refractivity contribution in [3.63, 3.8) is 0 Å². The van der Waals surface area contributed by atoms with Crippen LogP contribution in [0.2, 0.25) is 0 Å². The Morgan fingerprint density at radius 3 is 2.70 bits per heavy atom. The minimum Gasteiger partial charge on any atom is -0.489 e. The Hall–Kier alpha value is -2.68. The van der Waals surface area contributed by atoms with E-state index in [9.17, 15) is 9.59 Å². The Morgan fingerprint density at radius 2 is 1.89 bits per heavy atom. The molecule has 4 bridgehead atoms.